The SMILES string of the molecule is Cc1ccc(SCc2ccc(C(=O)NN)o2)c(C)c1. The number of hydrogen-bond donors (Lipinski definition) is 2. The molecule has 0 saturated carbocycles. The molecule has 1 heterocycles. The standard InChI is InChI=1S/C14H16N2O2S/c1-9-3-6-13(10(2)7-9)19-8-11-4-5-12(18-11)14(17)16-15/h3-7H,8,15H2,1-2H3,(H,16,17). The number of benzene rings is 1. The molecule has 0 bridgehead atoms. The van der Waals surface area contributed by atoms with E-state index in [1.54, 1.807) is 23.9 Å². The predicted octanol–water partition coefficient (Wildman–Crippen LogP) is 2.79. The lowest BCUT2D eigenvalue weighted by Crippen LogP contribution is -2.29. The molecule has 2 rings (SSSR count). The van der Waals surface area contributed by atoms with Crippen molar-refractivity contribution < 1.29 is 9.21 Å². The Balaban J connectivity index is 2.02. The number of carbonyl (C=O) groups excluding carboxylic acids is 1. The first-order valence-electron chi connectivity index (χ1n) is 5.90. The minimum Gasteiger partial charge on any atom is -0.455 e. The molecule has 1 aromatic heterocycles. The van der Waals surface area contributed by atoms with E-state index < -0.39 is 5.91 Å². The molecule has 1 aromatic carbocycles. The second kappa shape index (κ2) is 5.95. The third-order valence-electron chi connectivity index (χ3n) is 2.72. The van der Waals surface area contributed by atoms with Crippen molar-refractivity contribution in [3.05, 3.63) is 53.0 Å². The quantitative estimate of drug-likeness (QED) is 0.390. The fourth-order valence-electron chi connectivity index (χ4n) is 1.76. The van der Waals surface area contributed by atoms with E-state index in [-0.39, 0.29) is 5.76 Å². The number of nitrogen functional groups attached to an aromatic ring is 1. The van der Waals surface area contributed by atoms with Crippen LogP contribution in [0.5, 0.6) is 0 Å². The topological polar surface area (TPSA) is 68.3 Å². The number of furan rings is 1. The molecule has 0 saturated heterocycles. The van der Waals surface area contributed by atoms with Gasteiger partial charge < -0.3 is 4.42 Å². The molecular weight excluding hydrogens is 260 g/mol. The van der Waals surface area contributed by atoms with Gasteiger partial charge in [0.2, 0.25) is 0 Å². The Morgan fingerprint density at radius 3 is 2.79 bits per heavy atom. The van der Waals surface area contributed by atoms with E-state index in [9.17, 15) is 4.79 Å². The first-order chi connectivity index (χ1) is 9.10. The summed E-state index contributed by atoms with van der Waals surface area (Å²) in [5, 5.41) is 0. The van der Waals surface area contributed by atoms with Gasteiger partial charge in [0.15, 0.2) is 5.76 Å². The van der Waals surface area contributed by atoms with E-state index >= 15 is 0 Å². The average molecular weight is 276 g/mol. The van der Waals surface area contributed by atoms with Gasteiger partial charge in [-0.1, -0.05) is 17.7 Å². The van der Waals surface area contributed by atoms with Crippen molar-refractivity contribution >= 4 is 17.7 Å². The number of hydrogen-bond acceptors (Lipinski definition) is 4. The van der Waals surface area contributed by atoms with E-state index in [1.165, 1.54) is 16.0 Å². The summed E-state index contributed by atoms with van der Waals surface area (Å²) in [5.74, 6) is 6.30. The summed E-state index contributed by atoms with van der Waals surface area (Å²) >= 11 is 1.68. The van der Waals surface area contributed by atoms with Crippen molar-refractivity contribution in [2.75, 3.05) is 0 Å². The summed E-state index contributed by atoms with van der Waals surface area (Å²) in [6.07, 6.45) is 0. The first-order valence-corrected chi connectivity index (χ1v) is 6.88. The molecule has 0 radical (unpaired) electrons. The minimum atomic E-state index is -0.414. The summed E-state index contributed by atoms with van der Waals surface area (Å²) < 4.78 is 5.41. The van der Waals surface area contributed by atoms with Crippen molar-refractivity contribution in [2.24, 2.45) is 5.84 Å². The van der Waals surface area contributed by atoms with Gasteiger partial charge in [-0.05, 0) is 37.6 Å². The highest BCUT2D eigenvalue weighted by Gasteiger charge is 2.10. The smallest absolute Gasteiger partial charge is 0.300 e. The Labute approximate surface area is 116 Å². The van der Waals surface area contributed by atoms with E-state index in [0.717, 1.165) is 5.76 Å². The normalized spacial score (nSPS) is 10.5. The minimum absolute atomic E-state index is 0.235. The molecule has 3 N–H and O–H groups in total. The van der Waals surface area contributed by atoms with Crippen molar-refractivity contribution in [3.8, 4) is 0 Å². The number of hydrazine groups is 1. The summed E-state index contributed by atoms with van der Waals surface area (Å²) in [4.78, 5) is 12.5. The van der Waals surface area contributed by atoms with Crippen molar-refractivity contribution in [3.63, 3.8) is 0 Å². The fraction of sp³-hybridized carbons (Fsp3) is 0.214. The highest BCUT2D eigenvalue weighted by atomic mass is 32.2. The second-order valence-electron chi connectivity index (χ2n) is 4.30. The second-order valence-corrected chi connectivity index (χ2v) is 5.31. The van der Waals surface area contributed by atoms with Crippen LogP contribution in [0.2, 0.25) is 0 Å². The largest absolute Gasteiger partial charge is 0.455 e. The molecule has 0 unspecified atom stereocenters. The van der Waals surface area contributed by atoms with Gasteiger partial charge in [0.25, 0.3) is 0 Å². The maximum atomic E-state index is 11.3. The van der Waals surface area contributed by atoms with E-state index in [4.69, 9.17) is 10.3 Å². The van der Waals surface area contributed by atoms with Crippen LogP contribution in [0.4, 0.5) is 0 Å². The Morgan fingerprint density at radius 1 is 1.32 bits per heavy atom. The molecule has 0 fully saturated rings. The van der Waals surface area contributed by atoms with Gasteiger partial charge in [0.1, 0.15) is 5.76 Å². The lowest BCUT2D eigenvalue weighted by atomic mass is 10.2. The molecule has 0 aliphatic carbocycles. The molecule has 1 amide bonds. The van der Waals surface area contributed by atoms with Gasteiger partial charge in [-0.25, -0.2) is 5.84 Å². The number of nitrogens with two attached hydrogens (primary N) is 1. The summed E-state index contributed by atoms with van der Waals surface area (Å²) in [5.41, 5.74) is 4.54. The van der Waals surface area contributed by atoms with Crippen molar-refractivity contribution in [2.45, 2.75) is 24.5 Å². The van der Waals surface area contributed by atoms with E-state index in [2.05, 4.69) is 32.0 Å². The van der Waals surface area contributed by atoms with Crippen LogP contribution in [-0.2, 0) is 5.75 Å². The summed E-state index contributed by atoms with van der Waals surface area (Å²) in [6, 6.07) is 9.76. The molecule has 0 aliphatic heterocycles. The van der Waals surface area contributed by atoms with Gasteiger partial charge in [0, 0.05) is 4.90 Å². The van der Waals surface area contributed by atoms with Crippen LogP contribution in [0.1, 0.15) is 27.4 Å². The van der Waals surface area contributed by atoms with Crippen LogP contribution in [0.25, 0.3) is 0 Å². The maximum absolute atomic E-state index is 11.3. The number of rotatable bonds is 4. The zero-order chi connectivity index (χ0) is 13.8. The molecule has 5 heteroatoms. The Hall–Kier alpha value is -1.72. The van der Waals surface area contributed by atoms with Gasteiger partial charge >= 0.3 is 5.91 Å². The molecule has 4 nitrogen and oxygen atoms in total. The zero-order valence-electron chi connectivity index (χ0n) is 10.9. The first kappa shape index (κ1) is 13.7. The Bertz CT molecular complexity index is 593. The fourth-order valence-corrected chi connectivity index (χ4v) is 2.66. The molecule has 0 atom stereocenters. The zero-order valence-corrected chi connectivity index (χ0v) is 11.7. The van der Waals surface area contributed by atoms with Gasteiger partial charge in [-0.3, -0.25) is 10.2 Å². The number of thioether (sulfide) groups is 1. The third-order valence-corrected chi connectivity index (χ3v) is 3.91. The van der Waals surface area contributed by atoms with Gasteiger partial charge in [-0.15, -0.1) is 11.8 Å². The van der Waals surface area contributed by atoms with Crippen molar-refractivity contribution in [1.29, 1.82) is 0 Å². The lowest BCUT2D eigenvalue weighted by molar-refractivity contribution is 0.0924. The number of nitrogens with one attached hydrogen (secondary N) is 1. The number of carbonyl (C=O) groups is 1. The van der Waals surface area contributed by atoms with Crippen LogP contribution in [-0.4, -0.2) is 5.91 Å². The van der Waals surface area contributed by atoms with Crippen LogP contribution in [0.15, 0.2) is 39.6 Å². The molecule has 19 heavy (non-hydrogen) atoms. The molecule has 0 aliphatic rings. The summed E-state index contributed by atoms with van der Waals surface area (Å²) in [7, 11) is 0. The van der Waals surface area contributed by atoms with Crippen LogP contribution in [0, 0.1) is 13.8 Å². The highest BCUT2D eigenvalue weighted by Crippen LogP contribution is 2.27. The molecule has 0 spiro atoms. The van der Waals surface area contributed by atoms with E-state index in [0.29, 0.717) is 5.75 Å². The highest BCUT2D eigenvalue weighted by molar-refractivity contribution is 7.98. The Morgan fingerprint density at radius 2 is 2.11 bits per heavy atom. The lowest BCUT2D eigenvalue weighted by Gasteiger charge is -2.05. The van der Waals surface area contributed by atoms with E-state index in [1.807, 2.05) is 5.43 Å². The molecular formula is C14H16N2O2S. The van der Waals surface area contributed by atoms with Crippen molar-refractivity contribution in [1.82, 2.24) is 5.43 Å². The molecule has 100 valence electrons. The summed E-state index contributed by atoms with van der Waals surface area (Å²) in [6.45, 7) is 4.16. The predicted molar refractivity (Wildman–Crippen MR) is 75.8 cm³/mol. The molecule has 2 aromatic rings. The average Bonchev–Trinajstić information content (AvgIpc) is 2.85. The maximum Gasteiger partial charge on any atom is 0.300 e. The third kappa shape index (κ3) is 3.39. The van der Waals surface area contributed by atoms with Gasteiger partial charge in [-0.2, -0.15) is 0 Å². The van der Waals surface area contributed by atoms with Crippen LogP contribution < -0.4 is 11.3 Å². The van der Waals surface area contributed by atoms with Gasteiger partial charge in [0.05, 0.1) is 5.75 Å². The number of aryl methyl sites for hydroxylation is 2. The van der Waals surface area contributed by atoms with Crippen LogP contribution >= 0.6 is 11.8 Å². The van der Waals surface area contributed by atoms with Crippen LogP contribution in [0.3, 0.4) is 0 Å². The number of amides is 1. The monoisotopic (exact) mass is 276 g/mol. The Kier molecular flexibility index (Phi) is 4.29.